The van der Waals surface area contributed by atoms with Crippen molar-refractivity contribution >= 4 is 28.5 Å². The number of fused-ring (bicyclic) bond motifs is 1. The van der Waals surface area contributed by atoms with Crippen LogP contribution in [0.5, 0.6) is 0 Å². The number of anilines is 1. The molecule has 1 atom stereocenters. The lowest BCUT2D eigenvalue weighted by molar-refractivity contribution is -0.153. The minimum absolute atomic E-state index is 0.123. The molecule has 1 aromatic carbocycles. The molecule has 2 aromatic rings. The van der Waals surface area contributed by atoms with Crippen LogP contribution in [0.3, 0.4) is 0 Å². The molecule has 10 heteroatoms. The summed E-state index contributed by atoms with van der Waals surface area (Å²) in [7, 11) is 5.14. The first kappa shape index (κ1) is 25.9. The van der Waals surface area contributed by atoms with Gasteiger partial charge in [0, 0.05) is 52.4 Å². The fourth-order valence-corrected chi connectivity index (χ4v) is 6.28. The van der Waals surface area contributed by atoms with Gasteiger partial charge in [0.25, 0.3) is 0 Å². The first-order valence-electron chi connectivity index (χ1n) is 13.4. The summed E-state index contributed by atoms with van der Waals surface area (Å²) in [6.45, 7) is 1.78. The van der Waals surface area contributed by atoms with Gasteiger partial charge in [-0.2, -0.15) is 0 Å². The molecular formula is C27H38N4O6. The minimum atomic E-state index is -0.669. The number of aromatic nitrogens is 2. The van der Waals surface area contributed by atoms with Crippen molar-refractivity contribution in [3.8, 4) is 0 Å². The molecule has 2 saturated heterocycles. The normalized spacial score (nSPS) is 25.7. The van der Waals surface area contributed by atoms with E-state index < -0.39 is 11.9 Å². The highest BCUT2D eigenvalue weighted by Crippen LogP contribution is 2.33. The number of benzene rings is 1. The van der Waals surface area contributed by atoms with Crippen LogP contribution in [0, 0.1) is 5.92 Å². The van der Waals surface area contributed by atoms with Gasteiger partial charge in [-0.15, -0.1) is 0 Å². The van der Waals surface area contributed by atoms with Crippen molar-refractivity contribution in [2.24, 2.45) is 13.0 Å². The molecule has 10 nitrogen and oxygen atoms in total. The maximum Gasteiger partial charge on any atom is 0.329 e. The number of aryl methyl sites for hydroxylation is 1. The van der Waals surface area contributed by atoms with Gasteiger partial charge in [0.2, 0.25) is 11.8 Å². The van der Waals surface area contributed by atoms with E-state index in [0.717, 1.165) is 62.8 Å². The molecule has 1 saturated carbocycles. The van der Waals surface area contributed by atoms with Crippen LogP contribution >= 0.6 is 0 Å². The number of rotatable bonds is 7. The first-order valence-corrected chi connectivity index (χ1v) is 13.4. The van der Waals surface area contributed by atoms with Crippen molar-refractivity contribution in [2.75, 3.05) is 32.2 Å². The summed E-state index contributed by atoms with van der Waals surface area (Å²) in [5.74, 6) is -0.266. The number of amides is 2. The number of imidazole rings is 1. The molecule has 1 N–H and O–H groups in total. The maximum absolute atomic E-state index is 13.0. The molecule has 3 aliphatic rings. The number of carbonyl (C=O) groups is 2. The average molecular weight is 515 g/mol. The smallest absolute Gasteiger partial charge is 0.329 e. The Morgan fingerprint density at radius 2 is 1.57 bits per heavy atom. The van der Waals surface area contributed by atoms with Gasteiger partial charge < -0.3 is 19.1 Å². The Balaban J connectivity index is 1.21. The van der Waals surface area contributed by atoms with Crippen LogP contribution in [0.25, 0.3) is 11.0 Å². The Labute approximate surface area is 216 Å². The highest BCUT2D eigenvalue weighted by Gasteiger charge is 2.32. The Morgan fingerprint density at radius 1 is 0.892 bits per heavy atom. The molecule has 0 radical (unpaired) electrons. The van der Waals surface area contributed by atoms with Crippen LogP contribution in [0.15, 0.2) is 23.0 Å². The molecule has 2 aliphatic heterocycles. The Bertz CT molecular complexity index is 1190. The van der Waals surface area contributed by atoms with Crippen molar-refractivity contribution in [3.63, 3.8) is 0 Å². The molecule has 0 bridgehead atoms. The Kier molecular flexibility index (Phi) is 7.69. The van der Waals surface area contributed by atoms with E-state index in [0.29, 0.717) is 24.0 Å². The Morgan fingerprint density at radius 3 is 2.22 bits per heavy atom. The second-order valence-electron chi connectivity index (χ2n) is 10.6. The van der Waals surface area contributed by atoms with E-state index in [1.165, 1.54) is 4.57 Å². The summed E-state index contributed by atoms with van der Waals surface area (Å²) >= 11 is 0. The highest BCUT2D eigenvalue weighted by molar-refractivity contribution is 6.00. The van der Waals surface area contributed by atoms with E-state index in [-0.39, 0.29) is 30.4 Å². The number of nitrogens with zero attached hydrogens (tertiary/aromatic N) is 3. The van der Waals surface area contributed by atoms with Gasteiger partial charge in [0.15, 0.2) is 6.29 Å². The van der Waals surface area contributed by atoms with Gasteiger partial charge in [-0.3, -0.25) is 24.0 Å². The Hall–Kier alpha value is -2.69. The first-order chi connectivity index (χ1) is 17.9. The third-order valence-electron chi connectivity index (χ3n) is 8.36. The topological polar surface area (TPSA) is 104 Å². The summed E-state index contributed by atoms with van der Waals surface area (Å²) in [5.41, 5.74) is 2.31. The molecule has 3 heterocycles. The third-order valence-corrected chi connectivity index (χ3v) is 8.36. The van der Waals surface area contributed by atoms with Crippen molar-refractivity contribution in [3.05, 3.63) is 28.7 Å². The summed E-state index contributed by atoms with van der Waals surface area (Å²) in [4.78, 5) is 39.4. The zero-order valence-corrected chi connectivity index (χ0v) is 22.0. The van der Waals surface area contributed by atoms with E-state index >= 15 is 0 Å². The van der Waals surface area contributed by atoms with E-state index in [4.69, 9.17) is 14.2 Å². The second kappa shape index (κ2) is 11.0. The summed E-state index contributed by atoms with van der Waals surface area (Å²) in [5, 5.41) is 2.36. The molecule has 3 fully saturated rings. The average Bonchev–Trinajstić information content (AvgIpc) is 3.15. The lowest BCUT2D eigenvalue weighted by Crippen LogP contribution is -2.44. The van der Waals surface area contributed by atoms with Gasteiger partial charge in [0.1, 0.15) is 6.04 Å². The molecule has 1 aliphatic carbocycles. The lowest BCUT2D eigenvalue weighted by atomic mass is 9.86. The van der Waals surface area contributed by atoms with Crippen LogP contribution < -0.4 is 15.9 Å². The van der Waals surface area contributed by atoms with Crippen molar-refractivity contribution in [1.29, 1.82) is 0 Å². The summed E-state index contributed by atoms with van der Waals surface area (Å²) in [6, 6.07) is 5.31. The van der Waals surface area contributed by atoms with Gasteiger partial charge in [-0.25, -0.2) is 4.79 Å². The number of carbonyl (C=O) groups excluding carboxylic acids is 2. The van der Waals surface area contributed by atoms with Crippen LogP contribution in [-0.4, -0.2) is 66.8 Å². The molecule has 0 spiro atoms. The van der Waals surface area contributed by atoms with Crippen molar-refractivity contribution in [2.45, 2.75) is 75.9 Å². The standard InChI is InChI=1S/C27H38N4O6/c1-29-23-16-18(6-9-21(23)31(27(29)34)22-10-11-24(32)28-25(22)33)30-14-12-20(13-15-30)37-19-7-4-17(5-8-19)26(35-2)36-3/h6,9,16-17,19-20,22,26H,4-5,7-8,10-15H2,1-3H3,(H,28,32,33). The number of piperidine rings is 2. The van der Waals surface area contributed by atoms with Crippen LogP contribution in [0.4, 0.5) is 5.69 Å². The zero-order valence-electron chi connectivity index (χ0n) is 22.0. The van der Waals surface area contributed by atoms with E-state index in [2.05, 4.69) is 10.2 Å². The lowest BCUT2D eigenvalue weighted by Gasteiger charge is -2.37. The number of imide groups is 1. The van der Waals surface area contributed by atoms with Gasteiger partial charge in [-0.05, 0) is 63.1 Å². The largest absolute Gasteiger partial charge is 0.375 e. The third kappa shape index (κ3) is 5.19. The molecule has 5 rings (SSSR count). The summed E-state index contributed by atoms with van der Waals surface area (Å²) < 4.78 is 20.5. The van der Waals surface area contributed by atoms with E-state index in [1.807, 2.05) is 18.2 Å². The SMILES string of the molecule is COC(OC)C1CCC(OC2CCN(c3ccc4c(c3)n(C)c(=O)n4C3CCC(=O)NC3=O)CC2)CC1. The van der Waals surface area contributed by atoms with Crippen molar-refractivity contribution in [1.82, 2.24) is 14.5 Å². The molecular weight excluding hydrogens is 476 g/mol. The van der Waals surface area contributed by atoms with E-state index in [9.17, 15) is 14.4 Å². The number of methoxy groups -OCH3 is 2. The quantitative estimate of drug-likeness (QED) is 0.447. The molecule has 1 aromatic heterocycles. The van der Waals surface area contributed by atoms with Gasteiger partial charge in [-0.1, -0.05) is 0 Å². The van der Waals surface area contributed by atoms with Crippen LogP contribution in [0.1, 0.15) is 57.4 Å². The molecule has 202 valence electrons. The maximum atomic E-state index is 13.0. The predicted molar refractivity (Wildman–Crippen MR) is 138 cm³/mol. The van der Waals surface area contributed by atoms with Crippen LogP contribution in [0.2, 0.25) is 0 Å². The number of ether oxygens (including phenoxy) is 3. The van der Waals surface area contributed by atoms with Crippen LogP contribution in [-0.2, 0) is 30.8 Å². The second-order valence-corrected chi connectivity index (χ2v) is 10.6. The van der Waals surface area contributed by atoms with Gasteiger partial charge >= 0.3 is 5.69 Å². The summed E-state index contributed by atoms with van der Waals surface area (Å²) in [6.07, 6.45) is 7.16. The predicted octanol–water partition coefficient (Wildman–Crippen LogP) is 2.48. The van der Waals surface area contributed by atoms with Crippen molar-refractivity contribution < 1.29 is 23.8 Å². The zero-order chi connectivity index (χ0) is 26.1. The molecule has 1 unspecified atom stereocenters. The molecule has 2 amide bonds. The monoisotopic (exact) mass is 514 g/mol. The molecule has 37 heavy (non-hydrogen) atoms. The fourth-order valence-electron chi connectivity index (χ4n) is 6.28. The minimum Gasteiger partial charge on any atom is -0.375 e. The van der Waals surface area contributed by atoms with Gasteiger partial charge in [0.05, 0.1) is 23.2 Å². The highest BCUT2D eigenvalue weighted by atomic mass is 16.7. The number of hydrogen-bond acceptors (Lipinski definition) is 7. The number of nitrogens with one attached hydrogen (secondary N) is 1. The fraction of sp³-hybridized carbons (Fsp3) is 0.667. The number of hydrogen-bond donors (Lipinski definition) is 1. The van der Waals surface area contributed by atoms with E-state index in [1.54, 1.807) is 25.8 Å².